The van der Waals surface area contributed by atoms with Crippen molar-refractivity contribution >= 4 is 5.97 Å². The average molecular weight is 492 g/mol. The summed E-state index contributed by atoms with van der Waals surface area (Å²) in [5.41, 5.74) is 1.32. The maximum atomic E-state index is 12.9. The second-order valence-corrected chi connectivity index (χ2v) is 8.51. The van der Waals surface area contributed by atoms with E-state index in [1.165, 1.54) is 21.3 Å². The van der Waals surface area contributed by atoms with Crippen molar-refractivity contribution < 1.29 is 32.2 Å². The van der Waals surface area contributed by atoms with Crippen molar-refractivity contribution in [2.75, 3.05) is 6.61 Å². The van der Waals surface area contributed by atoms with Gasteiger partial charge in [0.1, 0.15) is 11.5 Å². The number of ether oxygens (including phenoxy) is 3. The molecular weight excluding hydrogens is 465 g/mol. The monoisotopic (exact) mass is 492 g/mol. The number of aryl methyl sites for hydroxylation is 2. The zero-order valence-electron chi connectivity index (χ0n) is 20.1. The molecule has 0 aliphatic carbocycles. The minimum atomic E-state index is -4.78. The Labute approximate surface area is 200 Å². The van der Waals surface area contributed by atoms with Crippen molar-refractivity contribution in [1.82, 2.24) is 9.13 Å². The normalized spacial score (nSPS) is 11.9. The highest BCUT2D eigenvalue weighted by atomic mass is 19.4. The molecule has 0 amide bonds. The minimum absolute atomic E-state index is 0.252. The standard InChI is InChI=1S/C25H27F3N2O5/c1-6-33-22(31)24(4,5)35-21-16(2)13-18(14-17(21)3)15-29-11-12-30(23(29)32)19-7-9-20(10-8-19)34-25(26,27)28/h7-14H,6,15H2,1-5H3. The third-order valence-corrected chi connectivity index (χ3v) is 5.19. The van der Waals surface area contributed by atoms with Crippen molar-refractivity contribution in [3.63, 3.8) is 0 Å². The molecule has 0 aliphatic heterocycles. The van der Waals surface area contributed by atoms with E-state index in [1.54, 1.807) is 33.2 Å². The predicted molar refractivity (Wildman–Crippen MR) is 123 cm³/mol. The molecule has 0 atom stereocenters. The van der Waals surface area contributed by atoms with E-state index in [-0.39, 0.29) is 24.6 Å². The molecule has 3 aromatic rings. The van der Waals surface area contributed by atoms with Crippen LogP contribution < -0.4 is 15.2 Å². The summed E-state index contributed by atoms with van der Waals surface area (Å²) >= 11 is 0. The van der Waals surface area contributed by atoms with Crippen LogP contribution >= 0.6 is 0 Å². The van der Waals surface area contributed by atoms with Crippen LogP contribution in [0, 0.1) is 13.8 Å². The average Bonchev–Trinajstić information content (AvgIpc) is 3.10. The van der Waals surface area contributed by atoms with Gasteiger partial charge in [0, 0.05) is 12.4 Å². The maximum absolute atomic E-state index is 12.9. The van der Waals surface area contributed by atoms with E-state index in [0.717, 1.165) is 28.8 Å². The van der Waals surface area contributed by atoms with Gasteiger partial charge in [-0.25, -0.2) is 9.59 Å². The lowest BCUT2D eigenvalue weighted by Gasteiger charge is -2.26. The van der Waals surface area contributed by atoms with Gasteiger partial charge < -0.3 is 14.2 Å². The van der Waals surface area contributed by atoms with Crippen LogP contribution in [0.15, 0.2) is 53.6 Å². The molecule has 2 aromatic carbocycles. The van der Waals surface area contributed by atoms with Crippen molar-refractivity contribution in [2.24, 2.45) is 0 Å². The number of rotatable bonds is 8. The number of hydrogen-bond donors (Lipinski definition) is 0. The van der Waals surface area contributed by atoms with Gasteiger partial charge in [-0.2, -0.15) is 0 Å². The quantitative estimate of drug-likeness (QED) is 0.418. The first kappa shape index (κ1) is 25.9. The van der Waals surface area contributed by atoms with Gasteiger partial charge in [-0.3, -0.25) is 9.13 Å². The third-order valence-electron chi connectivity index (χ3n) is 5.19. The number of hydrogen-bond acceptors (Lipinski definition) is 5. The molecule has 35 heavy (non-hydrogen) atoms. The summed E-state index contributed by atoms with van der Waals surface area (Å²) in [6.07, 6.45) is -1.64. The van der Waals surface area contributed by atoms with E-state index in [2.05, 4.69) is 4.74 Å². The Kier molecular flexibility index (Phi) is 7.33. The van der Waals surface area contributed by atoms with Crippen molar-refractivity contribution in [1.29, 1.82) is 0 Å². The zero-order chi connectivity index (χ0) is 26.0. The number of carbonyl (C=O) groups excluding carboxylic acids is 1. The molecular formula is C25H27F3N2O5. The number of esters is 1. The highest BCUT2D eigenvalue weighted by Gasteiger charge is 2.33. The largest absolute Gasteiger partial charge is 0.573 e. The van der Waals surface area contributed by atoms with Gasteiger partial charge in [-0.1, -0.05) is 12.1 Å². The van der Waals surface area contributed by atoms with E-state index in [4.69, 9.17) is 9.47 Å². The summed E-state index contributed by atoms with van der Waals surface area (Å²) in [5, 5.41) is 0. The maximum Gasteiger partial charge on any atom is 0.573 e. The molecule has 0 saturated heterocycles. The second-order valence-electron chi connectivity index (χ2n) is 8.51. The van der Waals surface area contributed by atoms with E-state index < -0.39 is 17.9 Å². The molecule has 1 aromatic heterocycles. The summed E-state index contributed by atoms with van der Waals surface area (Å²) in [5.74, 6) is -0.264. The molecule has 0 radical (unpaired) electrons. The molecule has 0 unspecified atom stereocenters. The fraction of sp³-hybridized carbons (Fsp3) is 0.360. The number of aromatic nitrogens is 2. The van der Waals surface area contributed by atoms with Crippen molar-refractivity contribution in [2.45, 2.75) is 53.1 Å². The number of halogens is 3. The number of carbonyl (C=O) groups is 1. The molecule has 0 aliphatic rings. The lowest BCUT2D eigenvalue weighted by Crippen LogP contribution is -2.40. The fourth-order valence-corrected chi connectivity index (χ4v) is 3.63. The molecule has 0 bridgehead atoms. The van der Waals surface area contributed by atoms with Gasteiger partial charge in [0.2, 0.25) is 0 Å². The molecule has 10 heteroatoms. The van der Waals surface area contributed by atoms with Crippen LogP contribution in [-0.2, 0) is 16.1 Å². The summed E-state index contributed by atoms with van der Waals surface area (Å²) < 4.78 is 54.8. The summed E-state index contributed by atoms with van der Waals surface area (Å²) in [7, 11) is 0. The van der Waals surface area contributed by atoms with Gasteiger partial charge in [0.05, 0.1) is 18.8 Å². The molecule has 0 N–H and O–H groups in total. The van der Waals surface area contributed by atoms with Crippen LogP contribution in [-0.4, -0.2) is 33.7 Å². The summed E-state index contributed by atoms with van der Waals surface area (Å²) in [6, 6.07) is 8.79. The Bertz CT molecular complexity index is 1230. The van der Waals surface area contributed by atoms with E-state index in [1.807, 2.05) is 26.0 Å². The predicted octanol–water partition coefficient (Wildman–Crippen LogP) is 4.92. The van der Waals surface area contributed by atoms with Crippen LogP contribution in [0.3, 0.4) is 0 Å². The first-order valence-electron chi connectivity index (χ1n) is 10.9. The number of benzene rings is 2. The van der Waals surface area contributed by atoms with Gasteiger partial charge >= 0.3 is 18.0 Å². The van der Waals surface area contributed by atoms with Crippen molar-refractivity contribution in [3.8, 4) is 17.2 Å². The van der Waals surface area contributed by atoms with Crippen LogP contribution in [0.5, 0.6) is 11.5 Å². The smallest absolute Gasteiger partial charge is 0.476 e. The highest BCUT2D eigenvalue weighted by molar-refractivity contribution is 5.79. The summed E-state index contributed by atoms with van der Waals surface area (Å²) in [6.45, 7) is 9.24. The molecule has 0 fully saturated rings. The second kappa shape index (κ2) is 9.89. The topological polar surface area (TPSA) is 71.7 Å². The zero-order valence-corrected chi connectivity index (χ0v) is 20.1. The van der Waals surface area contributed by atoms with E-state index in [9.17, 15) is 22.8 Å². The number of alkyl halides is 3. The first-order valence-corrected chi connectivity index (χ1v) is 10.9. The molecule has 188 valence electrons. The number of imidazole rings is 1. The molecule has 0 spiro atoms. The Hall–Kier alpha value is -3.69. The highest BCUT2D eigenvalue weighted by Crippen LogP contribution is 2.29. The molecule has 7 nitrogen and oxygen atoms in total. The molecule has 1 heterocycles. The molecule has 0 saturated carbocycles. The Morgan fingerprint density at radius 2 is 1.57 bits per heavy atom. The van der Waals surface area contributed by atoms with Gasteiger partial charge in [-0.05, 0) is 75.6 Å². The van der Waals surface area contributed by atoms with Gasteiger partial charge in [-0.15, -0.1) is 13.2 Å². The number of nitrogens with zero attached hydrogens (tertiary/aromatic N) is 2. The Balaban J connectivity index is 1.79. The van der Waals surface area contributed by atoms with Crippen LogP contribution in [0.2, 0.25) is 0 Å². The van der Waals surface area contributed by atoms with Gasteiger partial charge in [0.25, 0.3) is 0 Å². The van der Waals surface area contributed by atoms with Crippen LogP contribution in [0.25, 0.3) is 5.69 Å². The van der Waals surface area contributed by atoms with E-state index >= 15 is 0 Å². The van der Waals surface area contributed by atoms with E-state index in [0.29, 0.717) is 11.4 Å². The lowest BCUT2D eigenvalue weighted by molar-refractivity contribution is -0.274. The molecule has 3 rings (SSSR count). The summed E-state index contributed by atoms with van der Waals surface area (Å²) in [4.78, 5) is 25.1. The van der Waals surface area contributed by atoms with Gasteiger partial charge in [0.15, 0.2) is 5.60 Å². The van der Waals surface area contributed by atoms with Crippen LogP contribution in [0.4, 0.5) is 13.2 Å². The lowest BCUT2D eigenvalue weighted by atomic mass is 10.0. The fourth-order valence-electron chi connectivity index (χ4n) is 3.63. The van der Waals surface area contributed by atoms with Crippen LogP contribution in [0.1, 0.15) is 37.5 Å². The first-order chi connectivity index (χ1) is 16.3. The SMILES string of the molecule is CCOC(=O)C(C)(C)Oc1c(C)cc(Cn2ccn(-c3ccc(OC(F)(F)F)cc3)c2=O)cc1C. The Morgan fingerprint density at radius 3 is 2.11 bits per heavy atom. The Morgan fingerprint density at radius 1 is 0.971 bits per heavy atom. The van der Waals surface area contributed by atoms with Crippen molar-refractivity contribution in [3.05, 3.63) is 76.0 Å². The minimum Gasteiger partial charge on any atom is -0.476 e. The third kappa shape index (κ3) is 6.26.